The van der Waals surface area contributed by atoms with E-state index in [1.165, 1.54) is 0 Å². The summed E-state index contributed by atoms with van der Waals surface area (Å²) in [6.07, 6.45) is 2.50. The van der Waals surface area contributed by atoms with Crippen LogP contribution in [0.1, 0.15) is 51.0 Å². The highest BCUT2D eigenvalue weighted by Gasteiger charge is 2.41. The molecule has 8 heteroatoms. The number of piperidine rings is 1. The Hall–Kier alpha value is -3.23. The summed E-state index contributed by atoms with van der Waals surface area (Å²) in [5.41, 5.74) is 8.28. The van der Waals surface area contributed by atoms with Gasteiger partial charge in [0.25, 0.3) is 0 Å². The van der Waals surface area contributed by atoms with Crippen molar-refractivity contribution in [3.63, 3.8) is 0 Å². The molecule has 40 heavy (non-hydrogen) atoms. The summed E-state index contributed by atoms with van der Waals surface area (Å²) in [6.45, 7) is 7.93. The zero-order chi connectivity index (χ0) is 28.9. The lowest BCUT2D eigenvalue weighted by molar-refractivity contribution is 0.0579. The maximum Gasteiger partial charge on any atom is 0.320 e. The number of amides is 2. The molecule has 0 bridgehead atoms. The van der Waals surface area contributed by atoms with E-state index in [1.54, 1.807) is 4.90 Å². The van der Waals surface area contributed by atoms with Crippen molar-refractivity contribution in [2.45, 2.75) is 58.4 Å². The summed E-state index contributed by atoms with van der Waals surface area (Å²) in [4.78, 5) is 25.2. The van der Waals surface area contributed by atoms with Crippen molar-refractivity contribution in [1.29, 1.82) is 0 Å². The minimum Gasteiger partial charge on any atom is -0.328 e. The highest BCUT2D eigenvalue weighted by Crippen LogP contribution is 2.40. The van der Waals surface area contributed by atoms with Gasteiger partial charge in [-0.15, -0.1) is 0 Å². The number of carbonyl (C=O) groups excluding carboxylic acids is 1. The van der Waals surface area contributed by atoms with Gasteiger partial charge in [-0.3, -0.25) is 0 Å². The lowest BCUT2D eigenvalue weighted by Gasteiger charge is -2.44. The minimum absolute atomic E-state index is 0.0796. The van der Waals surface area contributed by atoms with Gasteiger partial charge in [-0.25, -0.2) is 14.2 Å². The van der Waals surface area contributed by atoms with E-state index in [-0.39, 0.29) is 19.1 Å². The number of imidazole rings is 1. The molecule has 2 atom stereocenters. The number of aromatic nitrogens is 2. The number of likely N-dealkylation sites (tertiary alicyclic amines) is 1. The summed E-state index contributed by atoms with van der Waals surface area (Å²) >= 11 is 0. The second kappa shape index (κ2) is 13.0. The molecule has 7 nitrogen and oxygen atoms in total. The molecule has 2 heterocycles. The van der Waals surface area contributed by atoms with E-state index in [4.69, 9.17) is 10.7 Å². The fraction of sp³-hybridized carbons (Fsp3) is 0.500. The van der Waals surface area contributed by atoms with E-state index in [0.29, 0.717) is 25.7 Å². The lowest BCUT2D eigenvalue weighted by atomic mass is 9.84. The Balaban J connectivity index is 1.78. The van der Waals surface area contributed by atoms with Crippen molar-refractivity contribution in [3.8, 4) is 11.3 Å². The summed E-state index contributed by atoms with van der Waals surface area (Å²) in [5.74, 6) is 0.746. The monoisotopic (exact) mass is 548 g/mol. The third kappa shape index (κ3) is 7.09. The SMILES string of the molecule is CN(C)C1CCN(C(=O)N(C[C@H](F)CN)[C@@H](c2nc(-c3ccccc3)cn2Cc2ccccc2)C(C)(C)C)CC1. The Bertz CT molecular complexity index is 1220. The number of nitrogens with two attached hydrogens (primary N) is 1. The van der Waals surface area contributed by atoms with E-state index >= 15 is 4.39 Å². The van der Waals surface area contributed by atoms with Gasteiger partial charge in [0.1, 0.15) is 12.0 Å². The fourth-order valence-electron chi connectivity index (χ4n) is 5.63. The quantitative estimate of drug-likeness (QED) is 0.387. The van der Waals surface area contributed by atoms with Crippen LogP contribution in [0, 0.1) is 5.41 Å². The molecule has 0 unspecified atom stereocenters. The molecular formula is C32H45FN6O. The van der Waals surface area contributed by atoms with Crippen molar-refractivity contribution < 1.29 is 9.18 Å². The molecule has 0 aliphatic carbocycles. The normalized spacial score (nSPS) is 16.2. The molecule has 2 aromatic carbocycles. The minimum atomic E-state index is -1.33. The topological polar surface area (TPSA) is 70.6 Å². The third-order valence-corrected chi connectivity index (χ3v) is 7.81. The van der Waals surface area contributed by atoms with Gasteiger partial charge in [0, 0.05) is 44.0 Å². The Morgan fingerprint density at radius 1 is 1.05 bits per heavy atom. The number of urea groups is 1. The van der Waals surface area contributed by atoms with Crippen molar-refractivity contribution in [1.82, 2.24) is 24.3 Å². The van der Waals surface area contributed by atoms with Gasteiger partial charge < -0.3 is 25.0 Å². The number of halogens is 1. The van der Waals surface area contributed by atoms with Crippen LogP contribution in [0.2, 0.25) is 0 Å². The van der Waals surface area contributed by atoms with Crippen molar-refractivity contribution in [2.75, 3.05) is 40.3 Å². The summed E-state index contributed by atoms with van der Waals surface area (Å²) < 4.78 is 17.2. The largest absolute Gasteiger partial charge is 0.328 e. The van der Waals surface area contributed by atoms with Gasteiger partial charge in [-0.2, -0.15) is 0 Å². The van der Waals surface area contributed by atoms with Crippen LogP contribution in [0.4, 0.5) is 9.18 Å². The molecule has 1 aliphatic heterocycles. The predicted octanol–water partition coefficient (Wildman–Crippen LogP) is 5.43. The zero-order valence-corrected chi connectivity index (χ0v) is 24.6. The highest BCUT2D eigenvalue weighted by atomic mass is 19.1. The van der Waals surface area contributed by atoms with Gasteiger partial charge >= 0.3 is 6.03 Å². The number of hydrogen-bond acceptors (Lipinski definition) is 4. The van der Waals surface area contributed by atoms with Crippen LogP contribution in [0.5, 0.6) is 0 Å². The number of benzene rings is 2. The van der Waals surface area contributed by atoms with E-state index in [0.717, 1.165) is 35.5 Å². The molecule has 1 aromatic heterocycles. The maximum atomic E-state index is 15.1. The number of hydrogen-bond donors (Lipinski definition) is 1. The molecule has 0 saturated carbocycles. The lowest BCUT2D eigenvalue weighted by Crippen LogP contribution is -2.54. The highest BCUT2D eigenvalue weighted by molar-refractivity contribution is 5.75. The fourth-order valence-corrected chi connectivity index (χ4v) is 5.63. The first-order valence-corrected chi connectivity index (χ1v) is 14.3. The number of rotatable bonds is 9. The number of alkyl halides is 1. The third-order valence-electron chi connectivity index (χ3n) is 7.81. The molecule has 4 rings (SSSR count). The van der Waals surface area contributed by atoms with Crippen LogP contribution in [-0.2, 0) is 6.54 Å². The molecule has 1 aliphatic rings. The molecule has 3 aromatic rings. The molecule has 1 saturated heterocycles. The molecule has 2 amide bonds. The van der Waals surface area contributed by atoms with Crippen LogP contribution < -0.4 is 5.73 Å². The van der Waals surface area contributed by atoms with Gasteiger partial charge in [-0.1, -0.05) is 81.4 Å². The molecule has 1 fully saturated rings. The van der Waals surface area contributed by atoms with Crippen LogP contribution in [0.25, 0.3) is 11.3 Å². The van der Waals surface area contributed by atoms with Gasteiger partial charge in [0.15, 0.2) is 0 Å². The van der Waals surface area contributed by atoms with Crippen molar-refractivity contribution >= 4 is 6.03 Å². The van der Waals surface area contributed by atoms with Crippen LogP contribution in [0.15, 0.2) is 66.9 Å². The Kier molecular flexibility index (Phi) is 9.64. The molecular weight excluding hydrogens is 503 g/mol. The van der Waals surface area contributed by atoms with Gasteiger partial charge in [-0.05, 0) is 37.9 Å². The maximum absolute atomic E-state index is 15.1. The van der Waals surface area contributed by atoms with Crippen LogP contribution >= 0.6 is 0 Å². The zero-order valence-electron chi connectivity index (χ0n) is 24.6. The second-order valence-electron chi connectivity index (χ2n) is 12.2. The second-order valence-corrected chi connectivity index (χ2v) is 12.2. The molecule has 2 N–H and O–H groups in total. The van der Waals surface area contributed by atoms with E-state index < -0.39 is 17.6 Å². The molecule has 0 radical (unpaired) electrons. The van der Waals surface area contributed by atoms with E-state index in [2.05, 4.69) is 62.7 Å². The standard InChI is InChI=1S/C32H45FN6O/c1-32(2,3)29(39(22-26(33)20-34)31(40)37-18-16-27(17-19-37)36(4)5)30-35-28(25-14-10-7-11-15-25)23-38(30)21-24-12-8-6-9-13-24/h6-15,23,26-27,29H,16-22,34H2,1-5H3/t26-,29+/m1/s1. The summed E-state index contributed by atoms with van der Waals surface area (Å²) in [7, 11) is 4.16. The van der Waals surface area contributed by atoms with E-state index in [9.17, 15) is 4.79 Å². The van der Waals surface area contributed by atoms with Gasteiger partial charge in [0.05, 0.1) is 18.3 Å². The van der Waals surface area contributed by atoms with Crippen molar-refractivity contribution in [2.24, 2.45) is 11.1 Å². The van der Waals surface area contributed by atoms with E-state index in [1.807, 2.05) is 53.4 Å². The number of carbonyl (C=O) groups is 1. The smallest absolute Gasteiger partial charge is 0.320 e. The summed E-state index contributed by atoms with van der Waals surface area (Å²) in [6, 6.07) is 20.1. The van der Waals surface area contributed by atoms with Gasteiger partial charge in [0.2, 0.25) is 0 Å². The predicted molar refractivity (Wildman–Crippen MR) is 160 cm³/mol. The Morgan fingerprint density at radius 2 is 1.65 bits per heavy atom. The number of nitrogens with zero attached hydrogens (tertiary/aromatic N) is 5. The van der Waals surface area contributed by atoms with Crippen LogP contribution in [0.3, 0.4) is 0 Å². The molecule has 216 valence electrons. The summed E-state index contributed by atoms with van der Waals surface area (Å²) in [5, 5.41) is 0. The first-order chi connectivity index (χ1) is 19.1. The average molecular weight is 549 g/mol. The van der Waals surface area contributed by atoms with Crippen molar-refractivity contribution in [3.05, 3.63) is 78.2 Å². The first-order valence-electron chi connectivity index (χ1n) is 14.3. The Labute approximate surface area is 238 Å². The van der Waals surface area contributed by atoms with Crippen LogP contribution in [-0.4, -0.2) is 82.8 Å². The average Bonchev–Trinajstić information content (AvgIpc) is 3.35. The first kappa shape index (κ1) is 29.7. The molecule has 0 spiro atoms. The Morgan fingerprint density at radius 3 is 2.20 bits per heavy atom.